The number of ketones is 1. The second kappa shape index (κ2) is 12.5. The predicted molar refractivity (Wildman–Crippen MR) is 154 cm³/mol. The van der Waals surface area contributed by atoms with E-state index in [0.717, 1.165) is 55.4 Å². The molecule has 6 heteroatoms. The minimum Gasteiger partial charge on any atom is -0.493 e. The average Bonchev–Trinajstić information content (AvgIpc) is 3.41. The number of carbonyl (C=O) groups excluding carboxylic acids is 1. The Morgan fingerprint density at radius 3 is 2.51 bits per heavy atom. The van der Waals surface area contributed by atoms with Crippen molar-refractivity contribution in [1.82, 2.24) is 10.1 Å². The summed E-state index contributed by atoms with van der Waals surface area (Å²) >= 11 is 0. The largest absolute Gasteiger partial charge is 0.493 e. The lowest BCUT2D eigenvalue weighted by molar-refractivity contribution is 0.0869. The predicted octanol–water partition coefficient (Wildman–Crippen LogP) is 6.93. The Kier molecular flexibility index (Phi) is 8.62. The van der Waals surface area contributed by atoms with Crippen LogP contribution in [0.15, 0.2) is 77.3 Å². The number of benzene rings is 3. The van der Waals surface area contributed by atoms with Crippen LogP contribution in [0.5, 0.6) is 11.5 Å². The summed E-state index contributed by atoms with van der Waals surface area (Å²) in [5, 5.41) is 5.58. The van der Waals surface area contributed by atoms with Crippen molar-refractivity contribution in [3.63, 3.8) is 0 Å². The normalized spacial score (nSPS) is 16.2. The number of ether oxygens (including phenoxy) is 2. The molecule has 2 heterocycles. The fourth-order valence-electron chi connectivity index (χ4n) is 5.74. The number of rotatable bonds is 11. The van der Waals surface area contributed by atoms with E-state index in [1.54, 1.807) is 26.2 Å². The first-order valence-corrected chi connectivity index (χ1v) is 14.0. The van der Waals surface area contributed by atoms with Gasteiger partial charge in [-0.3, -0.25) is 4.79 Å². The number of aromatic nitrogens is 1. The van der Waals surface area contributed by atoms with Crippen molar-refractivity contribution in [2.75, 3.05) is 26.8 Å². The number of likely N-dealkylation sites (tertiary alicyclic amines) is 1. The monoisotopic (exact) mass is 526 g/mol. The summed E-state index contributed by atoms with van der Waals surface area (Å²) in [5.74, 6) is 2.03. The van der Waals surface area contributed by atoms with Crippen molar-refractivity contribution in [1.29, 1.82) is 0 Å². The molecule has 0 bridgehead atoms. The molecule has 3 aromatic carbocycles. The zero-order valence-corrected chi connectivity index (χ0v) is 23.1. The zero-order valence-electron chi connectivity index (χ0n) is 23.1. The molecule has 2 unspecified atom stereocenters. The highest BCUT2D eigenvalue weighted by atomic mass is 16.5. The minimum atomic E-state index is 0.0104. The van der Waals surface area contributed by atoms with Crippen molar-refractivity contribution >= 4 is 16.8 Å². The van der Waals surface area contributed by atoms with Gasteiger partial charge in [-0.05, 0) is 88.5 Å². The first-order chi connectivity index (χ1) is 19.0. The van der Waals surface area contributed by atoms with Gasteiger partial charge in [0.1, 0.15) is 0 Å². The van der Waals surface area contributed by atoms with Crippen molar-refractivity contribution in [2.45, 2.75) is 51.5 Å². The fourth-order valence-corrected chi connectivity index (χ4v) is 5.74. The first-order valence-electron chi connectivity index (χ1n) is 14.0. The zero-order chi connectivity index (χ0) is 27.2. The molecule has 5 rings (SSSR count). The molecule has 0 aliphatic carbocycles. The van der Waals surface area contributed by atoms with Gasteiger partial charge in [-0.1, -0.05) is 47.6 Å². The van der Waals surface area contributed by atoms with E-state index in [1.165, 1.54) is 5.56 Å². The molecule has 0 radical (unpaired) electrons. The lowest BCUT2D eigenvalue weighted by atomic mass is 9.88. The van der Waals surface area contributed by atoms with Gasteiger partial charge in [-0.25, -0.2) is 0 Å². The highest BCUT2D eigenvalue weighted by Gasteiger charge is 2.30. The van der Waals surface area contributed by atoms with E-state index in [4.69, 9.17) is 14.0 Å². The van der Waals surface area contributed by atoms with E-state index < -0.39 is 0 Å². The Morgan fingerprint density at radius 2 is 1.77 bits per heavy atom. The van der Waals surface area contributed by atoms with Crippen LogP contribution in [0.25, 0.3) is 11.0 Å². The minimum absolute atomic E-state index is 0.0104. The molecular formula is C33H38N2O4. The maximum absolute atomic E-state index is 11.8. The average molecular weight is 527 g/mol. The lowest BCUT2D eigenvalue weighted by Crippen LogP contribution is -2.45. The summed E-state index contributed by atoms with van der Waals surface area (Å²) in [6.45, 7) is 6.51. The van der Waals surface area contributed by atoms with Gasteiger partial charge in [0.15, 0.2) is 22.9 Å². The van der Waals surface area contributed by atoms with E-state index in [0.29, 0.717) is 41.5 Å². The summed E-state index contributed by atoms with van der Waals surface area (Å²) in [7, 11) is 1.61. The van der Waals surface area contributed by atoms with E-state index >= 15 is 0 Å². The molecule has 0 N–H and O–H groups in total. The van der Waals surface area contributed by atoms with Gasteiger partial charge in [-0.15, -0.1) is 0 Å². The molecule has 4 aromatic rings. The molecule has 1 saturated heterocycles. The van der Waals surface area contributed by atoms with Crippen LogP contribution in [0, 0.1) is 5.92 Å². The van der Waals surface area contributed by atoms with Crippen LogP contribution in [0.3, 0.4) is 0 Å². The molecule has 0 spiro atoms. The molecule has 2 atom stereocenters. The van der Waals surface area contributed by atoms with E-state index in [2.05, 4.69) is 59.4 Å². The number of nitrogens with zero attached hydrogens (tertiary/aromatic N) is 2. The Labute approximate surface area is 230 Å². The van der Waals surface area contributed by atoms with Gasteiger partial charge < -0.3 is 18.9 Å². The Hall–Kier alpha value is -3.64. The smallest absolute Gasteiger partial charge is 0.167 e. The lowest BCUT2D eigenvalue weighted by Gasteiger charge is -2.39. The number of carbonyl (C=O) groups is 1. The van der Waals surface area contributed by atoms with Gasteiger partial charge in [0, 0.05) is 28.8 Å². The molecular weight excluding hydrogens is 488 g/mol. The van der Waals surface area contributed by atoms with Gasteiger partial charge in [0.25, 0.3) is 0 Å². The van der Waals surface area contributed by atoms with Gasteiger partial charge >= 0.3 is 0 Å². The molecule has 6 nitrogen and oxygen atoms in total. The van der Waals surface area contributed by atoms with E-state index in [9.17, 15) is 4.79 Å². The number of hydrogen-bond acceptors (Lipinski definition) is 6. The molecule has 204 valence electrons. The Morgan fingerprint density at radius 1 is 1.03 bits per heavy atom. The number of methoxy groups -OCH3 is 1. The van der Waals surface area contributed by atoms with Crippen molar-refractivity contribution in [3.05, 3.63) is 89.6 Å². The van der Waals surface area contributed by atoms with Crippen molar-refractivity contribution in [2.24, 2.45) is 5.92 Å². The second-order valence-electron chi connectivity index (χ2n) is 10.6. The highest BCUT2D eigenvalue weighted by Crippen LogP contribution is 2.35. The quantitative estimate of drug-likeness (QED) is 0.197. The molecule has 1 aliphatic rings. The van der Waals surface area contributed by atoms with E-state index in [-0.39, 0.29) is 5.78 Å². The topological polar surface area (TPSA) is 64.8 Å². The summed E-state index contributed by atoms with van der Waals surface area (Å²) in [6.07, 6.45) is 4.15. The molecule has 39 heavy (non-hydrogen) atoms. The van der Waals surface area contributed by atoms with Crippen LogP contribution in [-0.4, -0.2) is 48.7 Å². The summed E-state index contributed by atoms with van der Waals surface area (Å²) in [4.78, 5) is 14.4. The molecule has 1 aliphatic heterocycles. The van der Waals surface area contributed by atoms with Gasteiger partial charge in [0.2, 0.25) is 0 Å². The third-order valence-electron chi connectivity index (χ3n) is 8.25. The summed E-state index contributed by atoms with van der Waals surface area (Å²) < 4.78 is 17.5. The van der Waals surface area contributed by atoms with Crippen molar-refractivity contribution in [3.8, 4) is 11.5 Å². The number of Topliss-reactive ketones (excluding diaryl/α,β-unsaturated/α-hetero) is 1. The van der Waals surface area contributed by atoms with Crippen LogP contribution >= 0.6 is 0 Å². The Balaban J connectivity index is 1.27. The SMILES string of the molecule is COc1cc(C(C)=O)ccc1OCC(CCc1ccccc1)C(C)N1CCC(c2noc3ccccc23)CC1. The number of piperidine rings is 1. The van der Waals surface area contributed by atoms with E-state index in [1.807, 2.05) is 18.2 Å². The first kappa shape index (κ1) is 26.9. The summed E-state index contributed by atoms with van der Waals surface area (Å²) in [6, 6.07) is 24.6. The second-order valence-corrected chi connectivity index (χ2v) is 10.6. The van der Waals surface area contributed by atoms with Crippen LogP contribution in [0.1, 0.15) is 60.6 Å². The molecule has 0 amide bonds. The number of para-hydroxylation sites is 1. The maximum atomic E-state index is 11.8. The molecule has 0 saturated carbocycles. The Bertz CT molecular complexity index is 1380. The van der Waals surface area contributed by atoms with Gasteiger partial charge in [0.05, 0.1) is 19.4 Å². The highest BCUT2D eigenvalue weighted by molar-refractivity contribution is 5.94. The van der Waals surface area contributed by atoms with Crippen molar-refractivity contribution < 1.29 is 18.8 Å². The number of hydrogen-bond donors (Lipinski definition) is 0. The molecule has 1 fully saturated rings. The molecule has 1 aromatic heterocycles. The third-order valence-corrected chi connectivity index (χ3v) is 8.25. The number of aryl methyl sites for hydroxylation is 1. The number of fused-ring (bicyclic) bond motifs is 1. The van der Waals surface area contributed by atoms with Crippen LogP contribution in [0.2, 0.25) is 0 Å². The van der Waals surface area contributed by atoms with Crippen LogP contribution in [0.4, 0.5) is 0 Å². The van der Waals surface area contributed by atoms with Gasteiger partial charge in [-0.2, -0.15) is 0 Å². The summed E-state index contributed by atoms with van der Waals surface area (Å²) in [5.41, 5.74) is 3.93. The maximum Gasteiger partial charge on any atom is 0.167 e. The fraction of sp³-hybridized carbons (Fsp3) is 0.394. The third kappa shape index (κ3) is 6.34. The standard InChI is InChI=1S/C33H38N2O4/c1-23(35-19-17-26(18-20-35)33-29-11-7-8-12-30(29)39-34-33)28(14-13-25-9-5-4-6-10-25)22-38-31-16-15-27(24(2)36)21-32(31)37-3/h4-12,15-16,21,23,26,28H,13-14,17-20,22H2,1-3H3. The van der Waals surface area contributed by atoms with Crippen LogP contribution < -0.4 is 9.47 Å². The van der Waals surface area contributed by atoms with Crippen LogP contribution in [-0.2, 0) is 6.42 Å².